The number of aromatic nitrogens is 1. The first-order chi connectivity index (χ1) is 14.8. The fourth-order valence-electron chi connectivity index (χ4n) is 3.95. The van der Waals surface area contributed by atoms with Crippen LogP contribution in [0.2, 0.25) is 0 Å². The molecular formula is C22H31N3O5S. The van der Waals surface area contributed by atoms with Crippen molar-refractivity contribution in [3.63, 3.8) is 0 Å². The Kier molecular flexibility index (Phi) is 7.27. The molecule has 0 saturated carbocycles. The molecule has 1 aliphatic rings. The normalized spacial score (nSPS) is 14.5. The Morgan fingerprint density at radius 1 is 1.13 bits per heavy atom. The summed E-state index contributed by atoms with van der Waals surface area (Å²) in [5, 5.41) is 0. The van der Waals surface area contributed by atoms with Gasteiger partial charge in [-0.2, -0.15) is 0 Å². The van der Waals surface area contributed by atoms with Crippen LogP contribution in [0.25, 0.3) is 0 Å². The van der Waals surface area contributed by atoms with Gasteiger partial charge in [0.15, 0.2) is 11.5 Å². The lowest BCUT2D eigenvalue weighted by atomic mass is 10.1. The van der Waals surface area contributed by atoms with E-state index in [1.165, 1.54) is 7.11 Å². The van der Waals surface area contributed by atoms with Gasteiger partial charge in [0.2, 0.25) is 10.0 Å². The van der Waals surface area contributed by atoms with Crippen LogP contribution in [0.5, 0.6) is 11.5 Å². The molecule has 31 heavy (non-hydrogen) atoms. The van der Waals surface area contributed by atoms with Gasteiger partial charge in [0.25, 0.3) is 5.91 Å². The summed E-state index contributed by atoms with van der Waals surface area (Å²) in [4.78, 5) is 18.0. The first-order valence-corrected chi connectivity index (χ1v) is 12.0. The van der Waals surface area contributed by atoms with Crippen LogP contribution in [0, 0.1) is 13.8 Å². The van der Waals surface area contributed by atoms with E-state index in [4.69, 9.17) is 9.47 Å². The summed E-state index contributed by atoms with van der Waals surface area (Å²) in [6, 6.07) is 5.27. The first-order valence-electron chi connectivity index (χ1n) is 10.6. The molecule has 0 radical (unpaired) electrons. The van der Waals surface area contributed by atoms with Gasteiger partial charge in [-0.3, -0.25) is 4.79 Å². The number of benzene rings is 1. The predicted molar refractivity (Wildman–Crippen MR) is 118 cm³/mol. The van der Waals surface area contributed by atoms with Gasteiger partial charge in [-0.1, -0.05) is 6.07 Å². The van der Waals surface area contributed by atoms with Crippen LogP contribution in [0.1, 0.15) is 53.5 Å². The summed E-state index contributed by atoms with van der Waals surface area (Å²) >= 11 is 0. The van der Waals surface area contributed by atoms with Crippen molar-refractivity contribution in [2.75, 3.05) is 26.8 Å². The van der Waals surface area contributed by atoms with Crippen molar-refractivity contribution < 1.29 is 22.7 Å². The molecule has 2 aromatic rings. The lowest BCUT2D eigenvalue weighted by Gasteiger charge is -2.27. The summed E-state index contributed by atoms with van der Waals surface area (Å²) in [6.07, 6.45) is 2.97. The molecule has 0 atom stereocenters. The molecule has 0 bridgehead atoms. The second-order valence-electron chi connectivity index (χ2n) is 7.67. The highest BCUT2D eigenvalue weighted by Gasteiger charge is 2.31. The lowest BCUT2D eigenvalue weighted by Crippen LogP contribution is -2.37. The summed E-state index contributed by atoms with van der Waals surface area (Å²) in [7, 11) is -2.39. The molecule has 1 aromatic carbocycles. The number of piperidine rings is 1. The lowest BCUT2D eigenvalue weighted by molar-refractivity contribution is 0.0720. The number of aromatic amines is 1. The number of methoxy groups -OCH3 is 1. The number of carbonyl (C=O) groups excluding carboxylic acids is 1. The van der Waals surface area contributed by atoms with E-state index < -0.39 is 10.0 Å². The number of nitrogens with one attached hydrogen (secondary N) is 2. The zero-order valence-corrected chi connectivity index (χ0v) is 19.4. The maximum atomic E-state index is 13.2. The van der Waals surface area contributed by atoms with Gasteiger partial charge >= 0.3 is 0 Å². The topological polar surface area (TPSA) is 101 Å². The number of hydrogen-bond donors (Lipinski definition) is 2. The molecule has 1 aromatic heterocycles. The minimum absolute atomic E-state index is 0.0264. The number of hydrogen-bond acceptors (Lipinski definition) is 5. The third-order valence-corrected chi connectivity index (χ3v) is 7.01. The van der Waals surface area contributed by atoms with E-state index in [1.54, 1.807) is 36.9 Å². The van der Waals surface area contributed by atoms with Crippen molar-refractivity contribution in [2.24, 2.45) is 0 Å². The van der Waals surface area contributed by atoms with E-state index in [9.17, 15) is 13.2 Å². The van der Waals surface area contributed by atoms with Gasteiger partial charge in [0.1, 0.15) is 4.90 Å². The molecule has 170 valence electrons. The summed E-state index contributed by atoms with van der Waals surface area (Å²) in [6.45, 7) is 7.16. The third kappa shape index (κ3) is 5.04. The number of H-pyrrole nitrogens is 1. The molecule has 2 heterocycles. The molecular weight excluding hydrogens is 418 g/mol. The first kappa shape index (κ1) is 23.1. The van der Waals surface area contributed by atoms with Crippen molar-refractivity contribution in [1.29, 1.82) is 0 Å². The highest BCUT2D eigenvalue weighted by molar-refractivity contribution is 7.89. The van der Waals surface area contributed by atoms with Crippen molar-refractivity contribution in [3.8, 4) is 11.5 Å². The SMILES string of the molecule is CCOc1ccc(CNS(=O)(=O)c2c(C)[nH]c(C)c2C(=O)N2CCCCC2)cc1OC. The zero-order valence-electron chi connectivity index (χ0n) is 18.6. The maximum absolute atomic E-state index is 13.2. The molecule has 9 heteroatoms. The van der Waals surface area contributed by atoms with E-state index in [0.29, 0.717) is 42.6 Å². The number of likely N-dealkylation sites (tertiary alicyclic amines) is 1. The number of amides is 1. The minimum atomic E-state index is -3.92. The Morgan fingerprint density at radius 2 is 1.84 bits per heavy atom. The second-order valence-corrected chi connectivity index (χ2v) is 9.38. The van der Waals surface area contributed by atoms with E-state index in [2.05, 4.69) is 9.71 Å². The Bertz CT molecular complexity index is 1040. The monoisotopic (exact) mass is 449 g/mol. The highest BCUT2D eigenvalue weighted by atomic mass is 32.2. The van der Waals surface area contributed by atoms with Gasteiger partial charge in [0, 0.05) is 31.0 Å². The molecule has 1 aliphatic heterocycles. The fraction of sp³-hybridized carbons (Fsp3) is 0.500. The smallest absolute Gasteiger partial charge is 0.257 e. The van der Waals surface area contributed by atoms with Crippen LogP contribution >= 0.6 is 0 Å². The van der Waals surface area contributed by atoms with Crippen molar-refractivity contribution >= 4 is 15.9 Å². The molecule has 1 amide bonds. The van der Waals surface area contributed by atoms with Crippen molar-refractivity contribution in [2.45, 2.75) is 51.5 Å². The van der Waals surface area contributed by atoms with Gasteiger partial charge in [-0.25, -0.2) is 13.1 Å². The minimum Gasteiger partial charge on any atom is -0.493 e. The maximum Gasteiger partial charge on any atom is 0.257 e. The van der Waals surface area contributed by atoms with Crippen LogP contribution < -0.4 is 14.2 Å². The average Bonchev–Trinajstić information content (AvgIpc) is 3.07. The van der Waals surface area contributed by atoms with Crippen molar-refractivity contribution in [3.05, 3.63) is 40.7 Å². The summed E-state index contributed by atoms with van der Waals surface area (Å²) < 4.78 is 39.9. The van der Waals surface area contributed by atoms with Crippen molar-refractivity contribution in [1.82, 2.24) is 14.6 Å². The number of ether oxygens (including phenoxy) is 2. The van der Waals surface area contributed by atoms with E-state index in [-0.39, 0.29) is 22.9 Å². The Balaban J connectivity index is 1.85. The largest absolute Gasteiger partial charge is 0.493 e. The van der Waals surface area contributed by atoms with Crippen LogP contribution in [0.3, 0.4) is 0 Å². The van der Waals surface area contributed by atoms with Gasteiger partial charge in [-0.05, 0) is 57.7 Å². The zero-order chi connectivity index (χ0) is 22.6. The molecule has 8 nitrogen and oxygen atoms in total. The molecule has 0 aliphatic carbocycles. The van der Waals surface area contributed by atoms with E-state index in [0.717, 1.165) is 24.8 Å². The molecule has 2 N–H and O–H groups in total. The molecule has 0 unspecified atom stereocenters. The summed E-state index contributed by atoms with van der Waals surface area (Å²) in [5.41, 5.74) is 1.97. The fourth-order valence-corrected chi connectivity index (χ4v) is 5.42. The van der Waals surface area contributed by atoms with Crippen LogP contribution in [0.4, 0.5) is 0 Å². The van der Waals surface area contributed by atoms with E-state index >= 15 is 0 Å². The van der Waals surface area contributed by atoms with Gasteiger partial charge < -0.3 is 19.4 Å². The number of sulfonamides is 1. The van der Waals surface area contributed by atoms with Crippen LogP contribution in [0.15, 0.2) is 23.1 Å². The Hall–Kier alpha value is -2.52. The predicted octanol–water partition coefficient (Wildman–Crippen LogP) is 3.14. The number of rotatable bonds is 8. The van der Waals surface area contributed by atoms with Gasteiger partial charge in [-0.15, -0.1) is 0 Å². The van der Waals surface area contributed by atoms with Crippen LogP contribution in [-0.2, 0) is 16.6 Å². The number of aryl methyl sites for hydroxylation is 2. The number of nitrogens with zero attached hydrogens (tertiary/aromatic N) is 1. The second kappa shape index (κ2) is 9.74. The average molecular weight is 450 g/mol. The number of carbonyl (C=O) groups is 1. The van der Waals surface area contributed by atoms with Gasteiger partial charge in [0.05, 0.1) is 19.3 Å². The Labute approximate surface area is 184 Å². The molecule has 1 saturated heterocycles. The standard InChI is InChI=1S/C22H31N3O5S/c1-5-30-18-10-9-17(13-19(18)29-4)14-23-31(27,28)21-16(3)24-15(2)20(21)22(26)25-11-7-6-8-12-25/h9-10,13,23-24H,5-8,11-12,14H2,1-4H3. The molecule has 3 rings (SSSR count). The molecule has 0 spiro atoms. The highest BCUT2D eigenvalue weighted by Crippen LogP contribution is 2.29. The summed E-state index contributed by atoms with van der Waals surface area (Å²) in [5.74, 6) is 0.904. The Morgan fingerprint density at radius 3 is 2.48 bits per heavy atom. The van der Waals surface area contributed by atoms with E-state index in [1.807, 2.05) is 6.92 Å². The third-order valence-electron chi connectivity index (χ3n) is 5.44. The van der Waals surface area contributed by atoms with Crippen LogP contribution in [-0.4, -0.2) is 51.0 Å². The molecule has 1 fully saturated rings. The quantitative estimate of drug-likeness (QED) is 0.645.